The summed E-state index contributed by atoms with van der Waals surface area (Å²) >= 11 is 3.83. The first-order valence-corrected chi connectivity index (χ1v) is 7.68. The summed E-state index contributed by atoms with van der Waals surface area (Å²) in [5, 5.41) is 0. The molecule has 2 aliphatic rings. The Morgan fingerprint density at radius 2 is 1.71 bits per heavy atom. The number of hydrogen-bond donors (Lipinski definition) is 0. The second-order valence-corrected chi connectivity index (χ2v) is 6.76. The van der Waals surface area contributed by atoms with E-state index >= 15 is 0 Å². The Labute approximate surface area is 112 Å². The summed E-state index contributed by atoms with van der Waals surface area (Å²) in [4.78, 5) is 3.51. The Morgan fingerprint density at radius 1 is 1.06 bits per heavy atom. The molecule has 2 bridgehead atoms. The molecule has 0 amide bonds. The van der Waals surface area contributed by atoms with Gasteiger partial charge in [-0.05, 0) is 31.2 Å². The number of fused-ring (bicyclic) bond motifs is 2. The van der Waals surface area contributed by atoms with Crippen LogP contribution in [0.25, 0.3) is 0 Å². The molecule has 2 aliphatic heterocycles. The van der Waals surface area contributed by atoms with E-state index < -0.39 is 0 Å². The minimum absolute atomic E-state index is 0.754. The molecule has 2 atom stereocenters. The van der Waals surface area contributed by atoms with Gasteiger partial charge in [-0.2, -0.15) is 0 Å². The molecule has 3 rings (SSSR count). The molecule has 17 heavy (non-hydrogen) atoms. The Hall–Kier alpha value is -0.340. The third-order valence-corrected chi connectivity index (χ3v) is 5.02. The zero-order valence-corrected chi connectivity index (χ0v) is 11.8. The van der Waals surface area contributed by atoms with E-state index in [1.807, 2.05) is 0 Å². The van der Waals surface area contributed by atoms with Crippen LogP contribution in [-0.4, -0.2) is 21.8 Å². The number of rotatable bonds is 2. The van der Waals surface area contributed by atoms with Gasteiger partial charge in [-0.1, -0.05) is 52.7 Å². The number of nitrogens with zero attached hydrogens (tertiary/aromatic N) is 1. The predicted molar refractivity (Wildman–Crippen MR) is 75.4 cm³/mol. The largest absolute Gasteiger partial charge is 0.293 e. The van der Waals surface area contributed by atoms with Crippen molar-refractivity contribution in [1.29, 1.82) is 0 Å². The molecule has 0 saturated carbocycles. The van der Waals surface area contributed by atoms with Crippen LogP contribution >= 0.6 is 15.9 Å². The lowest BCUT2D eigenvalue weighted by Gasteiger charge is -2.48. The van der Waals surface area contributed by atoms with Gasteiger partial charge in [0.2, 0.25) is 0 Å². The second-order valence-electron chi connectivity index (χ2n) is 5.47. The van der Waals surface area contributed by atoms with Gasteiger partial charge in [0, 0.05) is 23.5 Å². The molecule has 1 nitrogen and oxygen atoms in total. The fourth-order valence-corrected chi connectivity index (χ4v) is 4.33. The lowest BCUT2D eigenvalue weighted by molar-refractivity contribution is 0.0370. The van der Waals surface area contributed by atoms with E-state index in [9.17, 15) is 0 Å². The van der Waals surface area contributed by atoms with E-state index in [0.29, 0.717) is 0 Å². The van der Waals surface area contributed by atoms with E-state index in [0.717, 1.165) is 23.5 Å². The minimum atomic E-state index is 0.754. The SMILES string of the molecule is BrC1CC2CCCC(C1)N2Cc1ccccc1. The standard InChI is InChI=1S/C15H20BrN/c16-13-9-14-7-4-8-15(10-13)17(14)11-12-5-2-1-3-6-12/h1-3,5-6,13-15H,4,7-11H2. The maximum atomic E-state index is 3.83. The van der Waals surface area contributed by atoms with Gasteiger partial charge in [0.15, 0.2) is 0 Å². The summed E-state index contributed by atoms with van der Waals surface area (Å²) in [5.41, 5.74) is 1.47. The van der Waals surface area contributed by atoms with Crippen molar-refractivity contribution >= 4 is 15.9 Å². The molecular formula is C15H20BrN. The maximum absolute atomic E-state index is 3.83. The van der Waals surface area contributed by atoms with Crippen LogP contribution < -0.4 is 0 Å². The van der Waals surface area contributed by atoms with E-state index in [1.165, 1.54) is 37.7 Å². The first-order valence-electron chi connectivity index (χ1n) is 6.76. The molecule has 1 aromatic carbocycles. The number of benzene rings is 1. The van der Waals surface area contributed by atoms with Crippen molar-refractivity contribution in [2.75, 3.05) is 0 Å². The fraction of sp³-hybridized carbons (Fsp3) is 0.600. The zero-order valence-electron chi connectivity index (χ0n) is 10.2. The summed E-state index contributed by atoms with van der Waals surface area (Å²) in [6.07, 6.45) is 6.89. The van der Waals surface area contributed by atoms with Crippen molar-refractivity contribution in [1.82, 2.24) is 4.90 Å². The molecule has 2 unspecified atom stereocenters. The monoisotopic (exact) mass is 293 g/mol. The average Bonchev–Trinajstić information content (AvgIpc) is 2.32. The van der Waals surface area contributed by atoms with Gasteiger partial charge < -0.3 is 0 Å². The lowest BCUT2D eigenvalue weighted by Crippen LogP contribution is -2.51. The lowest BCUT2D eigenvalue weighted by atomic mass is 9.84. The van der Waals surface area contributed by atoms with Gasteiger partial charge in [0.05, 0.1) is 0 Å². The summed E-state index contributed by atoms with van der Waals surface area (Å²) in [6, 6.07) is 12.6. The van der Waals surface area contributed by atoms with Gasteiger partial charge in [0.1, 0.15) is 0 Å². The molecule has 0 aliphatic carbocycles. The minimum Gasteiger partial charge on any atom is -0.293 e. The Kier molecular flexibility index (Phi) is 3.53. The van der Waals surface area contributed by atoms with Crippen molar-refractivity contribution in [3.8, 4) is 0 Å². The number of hydrogen-bond acceptors (Lipinski definition) is 1. The molecule has 0 N–H and O–H groups in total. The van der Waals surface area contributed by atoms with Gasteiger partial charge in [0.25, 0.3) is 0 Å². The highest BCUT2D eigenvalue weighted by atomic mass is 79.9. The third-order valence-electron chi connectivity index (χ3n) is 4.28. The molecule has 2 fully saturated rings. The van der Waals surface area contributed by atoms with Crippen LogP contribution in [0.15, 0.2) is 30.3 Å². The maximum Gasteiger partial charge on any atom is 0.0239 e. The van der Waals surface area contributed by atoms with Crippen LogP contribution in [-0.2, 0) is 6.54 Å². The molecule has 2 heteroatoms. The van der Waals surface area contributed by atoms with Crippen LogP contribution in [0.3, 0.4) is 0 Å². The predicted octanol–water partition coefficient (Wildman–Crippen LogP) is 3.97. The van der Waals surface area contributed by atoms with Crippen molar-refractivity contribution in [2.24, 2.45) is 0 Å². The summed E-state index contributed by atoms with van der Waals surface area (Å²) < 4.78 is 0. The molecule has 0 radical (unpaired) electrons. The van der Waals surface area contributed by atoms with Gasteiger partial charge in [-0.25, -0.2) is 0 Å². The quantitative estimate of drug-likeness (QED) is 0.746. The molecule has 2 saturated heterocycles. The topological polar surface area (TPSA) is 3.24 Å². The highest BCUT2D eigenvalue weighted by Crippen LogP contribution is 2.37. The smallest absolute Gasteiger partial charge is 0.0239 e. The molecule has 0 spiro atoms. The average molecular weight is 294 g/mol. The van der Waals surface area contributed by atoms with Gasteiger partial charge in [-0.3, -0.25) is 4.90 Å². The van der Waals surface area contributed by atoms with Crippen molar-refractivity contribution < 1.29 is 0 Å². The van der Waals surface area contributed by atoms with Crippen LogP contribution in [0.2, 0.25) is 0 Å². The molecule has 0 aromatic heterocycles. The number of piperidine rings is 2. The first kappa shape index (κ1) is 11.7. The number of alkyl halides is 1. The number of halogens is 1. The van der Waals surface area contributed by atoms with Gasteiger partial charge in [-0.15, -0.1) is 0 Å². The zero-order chi connectivity index (χ0) is 11.7. The summed E-state index contributed by atoms with van der Waals surface area (Å²) in [5.74, 6) is 0. The molecule has 92 valence electrons. The van der Waals surface area contributed by atoms with Crippen LogP contribution in [0, 0.1) is 0 Å². The van der Waals surface area contributed by atoms with Crippen LogP contribution in [0.5, 0.6) is 0 Å². The summed E-state index contributed by atoms with van der Waals surface area (Å²) in [7, 11) is 0. The van der Waals surface area contributed by atoms with Crippen molar-refractivity contribution in [3.05, 3.63) is 35.9 Å². The Morgan fingerprint density at radius 3 is 2.35 bits per heavy atom. The van der Waals surface area contributed by atoms with E-state index in [2.05, 4.69) is 51.2 Å². The fourth-order valence-electron chi connectivity index (χ4n) is 3.46. The first-order chi connectivity index (χ1) is 8.33. The highest BCUT2D eigenvalue weighted by Gasteiger charge is 2.36. The van der Waals surface area contributed by atoms with E-state index in [-0.39, 0.29) is 0 Å². The van der Waals surface area contributed by atoms with E-state index in [4.69, 9.17) is 0 Å². The van der Waals surface area contributed by atoms with E-state index in [1.54, 1.807) is 0 Å². The second kappa shape index (κ2) is 5.11. The third kappa shape index (κ3) is 2.58. The molecule has 2 heterocycles. The van der Waals surface area contributed by atoms with Crippen molar-refractivity contribution in [2.45, 2.75) is 55.6 Å². The van der Waals surface area contributed by atoms with Crippen LogP contribution in [0.4, 0.5) is 0 Å². The Bertz CT molecular complexity index is 350. The van der Waals surface area contributed by atoms with Crippen molar-refractivity contribution in [3.63, 3.8) is 0 Å². The normalized spacial score (nSPS) is 33.6. The van der Waals surface area contributed by atoms with Gasteiger partial charge >= 0.3 is 0 Å². The summed E-state index contributed by atoms with van der Waals surface area (Å²) in [6.45, 7) is 1.15. The van der Waals surface area contributed by atoms with Crippen LogP contribution in [0.1, 0.15) is 37.7 Å². The molecular weight excluding hydrogens is 274 g/mol. The highest BCUT2D eigenvalue weighted by molar-refractivity contribution is 9.09. The Balaban J connectivity index is 1.74. The molecule has 1 aromatic rings.